The van der Waals surface area contributed by atoms with E-state index in [9.17, 15) is 14.7 Å². The Hall–Kier alpha value is -2.74. The summed E-state index contributed by atoms with van der Waals surface area (Å²) >= 11 is 0. The fraction of sp³-hybridized carbons (Fsp3) is 0.444. The summed E-state index contributed by atoms with van der Waals surface area (Å²) in [6, 6.07) is 3.28. The van der Waals surface area contributed by atoms with Gasteiger partial charge in [-0.25, -0.2) is 0 Å². The fourth-order valence-corrected chi connectivity index (χ4v) is 2.62. The lowest BCUT2D eigenvalue weighted by molar-refractivity contribution is -0.163. The van der Waals surface area contributed by atoms with Crippen molar-refractivity contribution >= 4 is 11.9 Å². The van der Waals surface area contributed by atoms with Gasteiger partial charge >= 0.3 is 11.9 Å². The Morgan fingerprint density at radius 1 is 1.12 bits per heavy atom. The molecule has 8 nitrogen and oxygen atoms in total. The number of aromatic hydroxyl groups is 1. The first-order valence-electron chi connectivity index (χ1n) is 7.95. The minimum Gasteiger partial charge on any atom is -0.504 e. The van der Waals surface area contributed by atoms with Crippen LogP contribution in [0.15, 0.2) is 24.3 Å². The van der Waals surface area contributed by atoms with Gasteiger partial charge in [0.05, 0.1) is 14.2 Å². The number of esters is 2. The minimum absolute atomic E-state index is 0.0951. The molecule has 0 spiro atoms. The Bertz CT molecular complexity index is 697. The van der Waals surface area contributed by atoms with Gasteiger partial charge in [-0.3, -0.25) is 9.59 Å². The van der Waals surface area contributed by atoms with Gasteiger partial charge in [-0.2, -0.15) is 0 Å². The zero-order chi connectivity index (χ0) is 19.3. The molecule has 0 aliphatic carbocycles. The first-order chi connectivity index (χ1) is 12.4. The number of phenols is 1. The van der Waals surface area contributed by atoms with Gasteiger partial charge in [0, 0.05) is 19.4 Å². The molecule has 1 N–H and O–H groups in total. The third-order valence-electron chi connectivity index (χ3n) is 3.77. The molecule has 0 amide bonds. The molecule has 0 bridgehead atoms. The van der Waals surface area contributed by atoms with Crippen LogP contribution in [0, 0.1) is 0 Å². The van der Waals surface area contributed by atoms with Crippen LogP contribution in [0.5, 0.6) is 17.2 Å². The van der Waals surface area contributed by atoms with Crippen LogP contribution < -0.4 is 9.47 Å². The summed E-state index contributed by atoms with van der Waals surface area (Å²) in [5, 5.41) is 10.5. The molecule has 8 heteroatoms. The Morgan fingerprint density at radius 3 is 2.42 bits per heavy atom. The molecule has 26 heavy (non-hydrogen) atoms. The molecule has 2 rings (SSSR count). The Labute approximate surface area is 151 Å². The molecule has 1 aliphatic rings. The van der Waals surface area contributed by atoms with Gasteiger partial charge in [-0.15, -0.1) is 0 Å². The molecular formula is C18H22O8. The summed E-state index contributed by atoms with van der Waals surface area (Å²) in [6.07, 6.45) is 1.22. The molecular weight excluding hydrogens is 344 g/mol. The minimum atomic E-state index is -0.717. The summed E-state index contributed by atoms with van der Waals surface area (Å²) < 4.78 is 26.4. The van der Waals surface area contributed by atoms with Gasteiger partial charge in [0.15, 0.2) is 11.5 Å². The summed E-state index contributed by atoms with van der Waals surface area (Å²) in [7, 11) is 2.88. The van der Waals surface area contributed by atoms with E-state index in [2.05, 4.69) is 0 Å². The van der Waals surface area contributed by atoms with Crippen molar-refractivity contribution in [1.82, 2.24) is 0 Å². The molecule has 1 aromatic carbocycles. The number of methoxy groups -OCH3 is 2. The van der Waals surface area contributed by atoms with Crippen LogP contribution in [0.4, 0.5) is 0 Å². The van der Waals surface area contributed by atoms with E-state index in [1.165, 1.54) is 28.1 Å². The van der Waals surface area contributed by atoms with Crippen molar-refractivity contribution in [1.29, 1.82) is 0 Å². The summed E-state index contributed by atoms with van der Waals surface area (Å²) in [5.41, 5.74) is 0.438. The highest BCUT2D eigenvalue weighted by Crippen LogP contribution is 2.43. The second-order valence-corrected chi connectivity index (χ2v) is 5.60. The van der Waals surface area contributed by atoms with E-state index in [1.807, 2.05) is 0 Å². The van der Waals surface area contributed by atoms with Crippen molar-refractivity contribution in [2.75, 3.05) is 20.8 Å². The lowest BCUT2D eigenvalue weighted by Gasteiger charge is -2.32. The van der Waals surface area contributed by atoms with E-state index < -0.39 is 30.3 Å². The highest BCUT2D eigenvalue weighted by molar-refractivity contribution is 5.67. The number of benzene rings is 1. The molecule has 0 aromatic heterocycles. The van der Waals surface area contributed by atoms with Crippen LogP contribution in [0.1, 0.15) is 25.5 Å². The van der Waals surface area contributed by atoms with Crippen molar-refractivity contribution in [3.8, 4) is 17.2 Å². The van der Waals surface area contributed by atoms with Crippen molar-refractivity contribution in [3.63, 3.8) is 0 Å². The fourth-order valence-electron chi connectivity index (χ4n) is 2.62. The lowest BCUT2D eigenvalue weighted by Crippen LogP contribution is -2.39. The smallest absolute Gasteiger partial charge is 0.303 e. The van der Waals surface area contributed by atoms with Crippen molar-refractivity contribution < 1.29 is 38.4 Å². The zero-order valence-corrected chi connectivity index (χ0v) is 15.1. The Balaban J connectivity index is 2.30. The van der Waals surface area contributed by atoms with Gasteiger partial charge in [0.25, 0.3) is 0 Å². The Kier molecular flexibility index (Phi) is 6.46. The number of rotatable bonds is 6. The standard InChI is InChI=1S/C18H22O8/c1-10(19)24-9-16-14(25-11(2)20)8-7-13(26-16)12-5-6-15(22-3)18(23-4)17(12)21/h5-8,13-14,16,21H,9H2,1-4H3/t13-,14-,16+/m0/s1. The molecule has 0 saturated carbocycles. The maximum Gasteiger partial charge on any atom is 0.303 e. The average Bonchev–Trinajstić information content (AvgIpc) is 2.60. The van der Waals surface area contributed by atoms with Crippen LogP contribution in [-0.4, -0.2) is 50.1 Å². The SMILES string of the molecule is COc1ccc([C@@H]2C=C[C@H](OC(C)=O)[C@@H](COC(C)=O)O2)c(O)c1OC. The van der Waals surface area contributed by atoms with Crippen LogP contribution in [-0.2, 0) is 23.8 Å². The van der Waals surface area contributed by atoms with E-state index in [0.29, 0.717) is 11.3 Å². The number of hydrogen-bond donors (Lipinski definition) is 1. The number of carbonyl (C=O) groups excluding carboxylic acids is 2. The number of carbonyl (C=O) groups is 2. The lowest BCUT2D eigenvalue weighted by atomic mass is 10.0. The summed E-state index contributed by atoms with van der Waals surface area (Å²) in [6.45, 7) is 2.46. The first-order valence-corrected chi connectivity index (χ1v) is 7.95. The van der Waals surface area contributed by atoms with E-state index >= 15 is 0 Å². The topological polar surface area (TPSA) is 101 Å². The van der Waals surface area contributed by atoms with Gasteiger partial charge in [-0.05, 0) is 18.2 Å². The van der Waals surface area contributed by atoms with Crippen molar-refractivity contribution in [2.24, 2.45) is 0 Å². The molecule has 0 unspecified atom stereocenters. The van der Waals surface area contributed by atoms with E-state index in [0.717, 1.165) is 0 Å². The monoisotopic (exact) mass is 366 g/mol. The number of hydrogen-bond acceptors (Lipinski definition) is 8. The molecule has 1 aromatic rings. The zero-order valence-electron chi connectivity index (χ0n) is 15.1. The molecule has 0 radical (unpaired) electrons. The van der Waals surface area contributed by atoms with Gasteiger partial charge in [-0.1, -0.05) is 6.08 Å². The summed E-state index contributed by atoms with van der Waals surface area (Å²) in [5.74, 6) is -0.527. The van der Waals surface area contributed by atoms with Crippen molar-refractivity contribution in [2.45, 2.75) is 32.2 Å². The van der Waals surface area contributed by atoms with Crippen molar-refractivity contribution in [3.05, 3.63) is 29.8 Å². The molecule has 3 atom stereocenters. The van der Waals surface area contributed by atoms with Gasteiger partial charge in [0.1, 0.15) is 24.9 Å². The van der Waals surface area contributed by atoms with E-state index in [1.54, 1.807) is 24.3 Å². The largest absolute Gasteiger partial charge is 0.504 e. The highest BCUT2D eigenvalue weighted by atomic mass is 16.6. The van der Waals surface area contributed by atoms with Crippen LogP contribution >= 0.6 is 0 Å². The third kappa shape index (κ3) is 4.45. The van der Waals surface area contributed by atoms with Crippen LogP contribution in [0.3, 0.4) is 0 Å². The molecule has 0 saturated heterocycles. The normalized spacial score (nSPS) is 21.8. The van der Waals surface area contributed by atoms with Gasteiger partial charge < -0.3 is 28.8 Å². The van der Waals surface area contributed by atoms with Crippen LogP contribution in [0.25, 0.3) is 0 Å². The summed E-state index contributed by atoms with van der Waals surface area (Å²) in [4.78, 5) is 22.4. The van der Waals surface area contributed by atoms with E-state index in [4.69, 9.17) is 23.7 Å². The molecule has 1 aliphatic heterocycles. The number of phenolic OH excluding ortho intramolecular Hbond substituents is 1. The van der Waals surface area contributed by atoms with E-state index in [-0.39, 0.29) is 18.1 Å². The molecule has 142 valence electrons. The maximum absolute atomic E-state index is 11.3. The second kappa shape index (κ2) is 8.57. The van der Waals surface area contributed by atoms with Gasteiger partial charge in [0.2, 0.25) is 5.75 Å². The van der Waals surface area contributed by atoms with Crippen LogP contribution in [0.2, 0.25) is 0 Å². The average molecular weight is 366 g/mol. The maximum atomic E-state index is 11.3. The predicted molar refractivity (Wildman–Crippen MR) is 90.2 cm³/mol. The second-order valence-electron chi connectivity index (χ2n) is 5.60. The predicted octanol–water partition coefficient (Wildman–Crippen LogP) is 1.90. The molecule has 1 heterocycles. The first kappa shape index (κ1) is 19.6. The highest BCUT2D eigenvalue weighted by Gasteiger charge is 2.33. The number of ether oxygens (including phenoxy) is 5. The Morgan fingerprint density at radius 2 is 1.85 bits per heavy atom. The molecule has 0 fully saturated rings. The third-order valence-corrected chi connectivity index (χ3v) is 3.77. The quantitative estimate of drug-likeness (QED) is 0.602.